The average molecular weight is 450 g/mol. The highest BCUT2D eigenvalue weighted by atomic mass is 16.5. The Morgan fingerprint density at radius 1 is 1.15 bits per heavy atom. The molecule has 0 bridgehead atoms. The topological polar surface area (TPSA) is 87.7 Å². The summed E-state index contributed by atoms with van der Waals surface area (Å²) in [6.45, 7) is 11.0. The van der Waals surface area contributed by atoms with Gasteiger partial charge in [-0.05, 0) is 31.6 Å². The summed E-state index contributed by atoms with van der Waals surface area (Å²) in [6.07, 6.45) is 7.48. The summed E-state index contributed by atoms with van der Waals surface area (Å²) in [7, 11) is 1.56. The lowest BCUT2D eigenvalue weighted by molar-refractivity contribution is -0.128. The summed E-state index contributed by atoms with van der Waals surface area (Å²) in [6, 6.07) is 3.48. The van der Waals surface area contributed by atoms with Crippen LogP contribution in [0.3, 0.4) is 0 Å². The van der Waals surface area contributed by atoms with Gasteiger partial charge in [0, 0.05) is 62.0 Å². The first-order valence-corrected chi connectivity index (χ1v) is 11.4. The van der Waals surface area contributed by atoms with Crippen LogP contribution in [0.4, 0.5) is 0 Å². The number of carbonyl (C=O) groups is 3. The van der Waals surface area contributed by atoms with Crippen molar-refractivity contribution in [2.75, 3.05) is 20.1 Å². The SMILES string of the molecule is C=C(/C=C\C=C/C)[C@@H]1c2cc(C(=O)N[C@H]3[C@@H]4CN(C(C)=O)C[C@@H]43)cc(C(=O)NC)c2O[C@H]1C. The molecule has 174 valence electrons. The van der Waals surface area contributed by atoms with E-state index in [4.69, 9.17) is 4.74 Å². The van der Waals surface area contributed by atoms with Crippen LogP contribution in [0, 0.1) is 11.8 Å². The Kier molecular flexibility index (Phi) is 6.15. The summed E-state index contributed by atoms with van der Waals surface area (Å²) >= 11 is 0. The maximum absolute atomic E-state index is 13.2. The fourth-order valence-electron chi connectivity index (χ4n) is 5.08. The maximum atomic E-state index is 13.2. The lowest BCUT2D eigenvalue weighted by atomic mass is 9.87. The largest absolute Gasteiger partial charge is 0.489 e. The van der Waals surface area contributed by atoms with E-state index in [2.05, 4.69) is 17.2 Å². The van der Waals surface area contributed by atoms with Gasteiger partial charge < -0.3 is 20.3 Å². The molecule has 2 aliphatic heterocycles. The minimum atomic E-state index is -0.302. The van der Waals surface area contributed by atoms with Gasteiger partial charge in [0.1, 0.15) is 11.9 Å². The highest BCUT2D eigenvalue weighted by Gasteiger charge is 2.57. The molecule has 2 fully saturated rings. The Labute approximate surface area is 194 Å². The minimum absolute atomic E-state index is 0.0644. The molecule has 1 aromatic carbocycles. The lowest BCUT2D eigenvalue weighted by Crippen LogP contribution is -2.36. The fraction of sp³-hybridized carbons (Fsp3) is 0.423. The first kappa shape index (κ1) is 22.8. The molecule has 5 atom stereocenters. The zero-order valence-corrected chi connectivity index (χ0v) is 19.6. The predicted molar refractivity (Wildman–Crippen MR) is 126 cm³/mol. The Bertz CT molecular complexity index is 1060. The quantitative estimate of drug-likeness (QED) is 0.654. The van der Waals surface area contributed by atoms with Crippen LogP contribution in [0.1, 0.15) is 53.0 Å². The molecule has 0 aromatic heterocycles. The van der Waals surface area contributed by atoms with E-state index >= 15 is 0 Å². The Morgan fingerprint density at radius 2 is 1.85 bits per heavy atom. The van der Waals surface area contributed by atoms with Crippen LogP contribution in [0.2, 0.25) is 0 Å². The monoisotopic (exact) mass is 449 g/mol. The molecule has 1 saturated heterocycles. The second kappa shape index (κ2) is 8.89. The van der Waals surface area contributed by atoms with Gasteiger partial charge in [0.2, 0.25) is 5.91 Å². The maximum Gasteiger partial charge on any atom is 0.254 e. The summed E-state index contributed by atoms with van der Waals surface area (Å²) in [5, 5.41) is 5.75. The van der Waals surface area contributed by atoms with Crippen molar-refractivity contribution in [3.05, 3.63) is 65.3 Å². The Balaban J connectivity index is 1.60. The first-order valence-electron chi connectivity index (χ1n) is 11.4. The molecule has 3 aliphatic rings. The molecule has 4 rings (SSSR count). The van der Waals surface area contributed by atoms with Gasteiger partial charge in [0.05, 0.1) is 5.56 Å². The van der Waals surface area contributed by atoms with Crippen LogP contribution in [0.15, 0.2) is 48.6 Å². The minimum Gasteiger partial charge on any atom is -0.489 e. The molecule has 0 radical (unpaired) electrons. The first-order chi connectivity index (χ1) is 15.8. The van der Waals surface area contributed by atoms with Crippen molar-refractivity contribution in [2.45, 2.75) is 38.8 Å². The molecule has 3 amide bonds. The van der Waals surface area contributed by atoms with Crippen molar-refractivity contribution in [3.63, 3.8) is 0 Å². The smallest absolute Gasteiger partial charge is 0.254 e. The van der Waals surface area contributed by atoms with Gasteiger partial charge in [0.25, 0.3) is 11.8 Å². The number of nitrogens with one attached hydrogen (secondary N) is 2. The number of rotatable bonds is 6. The van der Waals surface area contributed by atoms with Gasteiger partial charge in [-0.15, -0.1) is 0 Å². The number of hydrogen-bond acceptors (Lipinski definition) is 4. The zero-order chi connectivity index (χ0) is 23.9. The number of amides is 3. The second-order valence-electron chi connectivity index (χ2n) is 9.03. The van der Waals surface area contributed by atoms with E-state index in [0.29, 0.717) is 41.8 Å². The predicted octanol–water partition coefficient (Wildman–Crippen LogP) is 2.81. The van der Waals surface area contributed by atoms with Crippen LogP contribution in [0.25, 0.3) is 0 Å². The molecule has 1 saturated carbocycles. The van der Waals surface area contributed by atoms with E-state index in [1.54, 1.807) is 20.0 Å². The van der Waals surface area contributed by atoms with E-state index in [0.717, 1.165) is 11.1 Å². The van der Waals surface area contributed by atoms with Gasteiger partial charge >= 0.3 is 0 Å². The molecule has 7 heteroatoms. The van der Waals surface area contributed by atoms with E-state index in [1.807, 2.05) is 49.1 Å². The van der Waals surface area contributed by atoms with E-state index in [-0.39, 0.29) is 35.8 Å². The van der Waals surface area contributed by atoms with E-state index in [1.165, 1.54) is 0 Å². The van der Waals surface area contributed by atoms with Crippen LogP contribution in [-0.2, 0) is 4.79 Å². The molecular weight excluding hydrogens is 418 g/mol. The molecular formula is C26H31N3O4. The number of carbonyl (C=O) groups excluding carboxylic acids is 3. The van der Waals surface area contributed by atoms with Crippen molar-refractivity contribution in [1.82, 2.24) is 15.5 Å². The van der Waals surface area contributed by atoms with Gasteiger partial charge in [-0.25, -0.2) is 0 Å². The highest BCUT2D eigenvalue weighted by Crippen LogP contribution is 2.47. The molecule has 2 N–H and O–H groups in total. The van der Waals surface area contributed by atoms with Crippen molar-refractivity contribution < 1.29 is 19.1 Å². The van der Waals surface area contributed by atoms with Crippen LogP contribution < -0.4 is 15.4 Å². The molecule has 33 heavy (non-hydrogen) atoms. The van der Waals surface area contributed by atoms with Crippen molar-refractivity contribution >= 4 is 17.7 Å². The number of benzene rings is 1. The number of fused-ring (bicyclic) bond motifs is 2. The third kappa shape index (κ3) is 4.19. The number of nitrogens with zero attached hydrogens (tertiary/aromatic N) is 1. The third-order valence-electron chi connectivity index (χ3n) is 6.91. The van der Waals surface area contributed by atoms with Crippen LogP contribution in [0.5, 0.6) is 5.75 Å². The molecule has 1 aliphatic carbocycles. The van der Waals surface area contributed by atoms with Gasteiger partial charge in [-0.3, -0.25) is 14.4 Å². The standard InChI is InChI=1S/C26H31N3O4/c1-6-7-8-9-14(2)22-15(3)33-24-18(22)10-17(11-19(24)26(32)27-5)25(31)28-23-20-12-29(16(4)30)13-21(20)23/h6-11,15,20-23H,2,12-13H2,1,3-5H3,(H,27,32)(H,28,31)/b7-6-,9-8-/t15-,20-,21+,22-,23+/m0/s1. The van der Waals surface area contributed by atoms with Crippen molar-refractivity contribution in [3.8, 4) is 5.75 Å². The molecule has 1 aromatic rings. The normalized spacial score (nSPS) is 27.3. The Morgan fingerprint density at radius 3 is 2.45 bits per heavy atom. The lowest BCUT2D eigenvalue weighted by Gasteiger charge is -2.18. The summed E-state index contributed by atoms with van der Waals surface area (Å²) in [4.78, 5) is 39.2. The number of likely N-dealkylation sites (tertiary alicyclic amines) is 1. The molecule has 0 unspecified atom stereocenters. The second-order valence-corrected chi connectivity index (χ2v) is 9.03. The van der Waals surface area contributed by atoms with E-state index in [9.17, 15) is 14.4 Å². The highest BCUT2D eigenvalue weighted by molar-refractivity contribution is 6.02. The summed E-state index contributed by atoms with van der Waals surface area (Å²) < 4.78 is 6.08. The summed E-state index contributed by atoms with van der Waals surface area (Å²) in [5.74, 6) is 0.502. The number of hydrogen-bond donors (Lipinski definition) is 2. The molecule has 0 spiro atoms. The van der Waals surface area contributed by atoms with E-state index < -0.39 is 0 Å². The fourth-order valence-corrected chi connectivity index (χ4v) is 5.08. The Hall–Kier alpha value is -3.35. The van der Waals surface area contributed by atoms with Crippen LogP contribution >= 0.6 is 0 Å². The number of allylic oxidation sites excluding steroid dienone is 4. The number of piperidine rings is 1. The number of ether oxygens (including phenoxy) is 1. The molecule has 2 heterocycles. The average Bonchev–Trinajstić information content (AvgIpc) is 3.12. The van der Waals surface area contributed by atoms with Gasteiger partial charge in [-0.1, -0.05) is 30.9 Å². The molecule has 7 nitrogen and oxygen atoms in total. The summed E-state index contributed by atoms with van der Waals surface area (Å²) in [5.41, 5.74) is 2.41. The zero-order valence-electron chi connectivity index (χ0n) is 19.6. The van der Waals surface area contributed by atoms with Gasteiger partial charge in [-0.2, -0.15) is 0 Å². The van der Waals surface area contributed by atoms with Gasteiger partial charge in [0.15, 0.2) is 0 Å². The van der Waals surface area contributed by atoms with Crippen molar-refractivity contribution in [2.24, 2.45) is 11.8 Å². The third-order valence-corrected chi connectivity index (χ3v) is 6.91. The van der Waals surface area contributed by atoms with Crippen molar-refractivity contribution in [1.29, 1.82) is 0 Å². The van der Waals surface area contributed by atoms with Crippen LogP contribution in [-0.4, -0.2) is 54.9 Å².